The molecule has 1 unspecified atom stereocenters. The lowest BCUT2D eigenvalue weighted by Crippen LogP contribution is -2.28. The number of H-pyrrole nitrogens is 1. The van der Waals surface area contributed by atoms with Crippen LogP contribution in [0.3, 0.4) is 0 Å². The summed E-state index contributed by atoms with van der Waals surface area (Å²) in [4.78, 5) is 44.2. The minimum Gasteiger partial charge on any atom is -0.478 e. The first-order chi connectivity index (χ1) is 22.0. The van der Waals surface area contributed by atoms with Gasteiger partial charge in [-0.1, -0.05) is 60.7 Å². The van der Waals surface area contributed by atoms with Gasteiger partial charge < -0.3 is 21.1 Å². The number of nitrogen functional groups attached to an aromatic ring is 1. The van der Waals surface area contributed by atoms with E-state index in [0.29, 0.717) is 27.8 Å². The number of imidazole rings is 1. The number of amides is 1. The number of hydrogen-bond acceptors (Lipinski definition) is 7. The molecule has 0 fully saturated rings. The highest BCUT2D eigenvalue weighted by Crippen LogP contribution is 2.47. The SMILES string of the molecule is Nc1cc(C(=O)NC2c3ccccc3-c3c(-c4nc5ccncc5[nH]4)cccc32)ccn1.O=C(O)c1ccnc2ccccc12. The Bertz CT molecular complexity index is 2210. The van der Waals surface area contributed by atoms with Crippen molar-refractivity contribution in [1.82, 2.24) is 30.2 Å². The maximum atomic E-state index is 13.0. The number of aromatic amines is 1. The van der Waals surface area contributed by atoms with Gasteiger partial charge in [-0.05, 0) is 52.6 Å². The zero-order valence-electron chi connectivity index (χ0n) is 23.7. The molecule has 0 aliphatic heterocycles. The van der Waals surface area contributed by atoms with Gasteiger partial charge in [0.25, 0.3) is 5.91 Å². The summed E-state index contributed by atoms with van der Waals surface area (Å²) in [6.45, 7) is 0. The predicted molar refractivity (Wildman–Crippen MR) is 171 cm³/mol. The Balaban J connectivity index is 0.000000209. The van der Waals surface area contributed by atoms with Crippen LogP contribution in [0.4, 0.5) is 5.82 Å². The number of carbonyl (C=O) groups is 2. The molecule has 1 aliphatic carbocycles. The number of aromatic carboxylic acids is 1. The van der Waals surface area contributed by atoms with E-state index in [1.165, 1.54) is 18.5 Å². The van der Waals surface area contributed by atoms with Crippen LogP contribution in [0.25, 0.3) is 44.5 Å². The second kappa shape index (κ2) is 11.3. The zero-order valence-corrected chi connectivity index (χ0v) is 23.7. The van der Waals surface area contributed by atoms with Gasteiger partial charge in [0.05, 0.1) is 34.4 Å². The summed E-state index contributed by atoms with van der Waals surface area (Å²) in [5, 5.41) is 12.7. The fourth-order valence-electron chi connectivity index (χ4n) is 5.68. The molecule has 0 spiro atoms. The molecule has 10 nitrogen and oxygen atoms in total. The number of carboxylic acid groups (broad SMARTS) is 1. The van der Waals surface area contributed by atoms with Gasteiger partial charge in [0.1, 0.15) is 11.6 Å². The summed E-state index contributed by atoms with van der Waals surface area (Å²) in [6.07, 6.45) is 6.54. The van der Waals surface area contributed by atoms with Crippen molar-refractivity contribution in [3.8, 4) is 22.5 Å². The van der Waals surface area contributed by atoms with Gasteiger partial charge in [0.2, 0.25) is 0 Å². The third-order valence-corrected chi connectivity index (χ3v) is 7.69. The van der Waals surface area contributed by atoms with Crippen LogP contribution in [0.2, 0.25) is 0 Å². The molecule has 0 bridgehead atoms. The number of rotatable bonds is 4. The Morgan fingerprint density at radius 3 is 2.42 bits per heavy atom. The average molecular weight is 592 g/mol. The van der Waals surface area contributed by atoms with E-state index >= 15 is 0 Å². The summed E-state index contributed by atoms with van der Waals surface area (Å²) in [5.74, 6) is -0.0364. The molecule has 1 atom stereocenters. The molecule has 0 radical (unpaired) electrons. The quantitative estimate of drug-likeness (QED) is 0.193. The van der Waals surface area contributed by atoms with Crippen molar-refractivity contribution >= 4 is 39.6 Å². The number of nitrogens with two attached hydrogens (primary N) is 1. The number of pyridine rings is 3. The van der Waals surface area contributed by atoms with Gasteiger partial charge >= 0.3 is 5.97 Å². The third-order valence-electron chi connectivity index (χ3n) is 7.69. The first-order valence-corrected chi connectivity index (χ1v) is 14.1. The highest BCUT2D eigenvalue weighted by molar-refractivity contribution is 6.02. The second-order valence-corrected chi connectivity index (χ2v) is 10.4. The molecule has 8 rings (SSSR count). The van der Waals surface area contributed by atoms with E-state index in [-0.39, 0.29) is 11.9 Å². The summed E-state index contributed by atoms with van der Waals surface area (Å²) in [5.41, 5.74) is 14.2. The molecule has 45 heavy (non-hydrogen) atoms. The number of nitrogens with zero attached hydrogens (tertiary/aromatic N) is 4. The van der Waals surface area contributed by atoms with Crippen molar-refractivity contribution in [2.75, 3.05) is 5.73 Å². The Morgan fingerprint density at radius 2 is 1.58 bits per heavy atom. The van der Waals surface area contributed by atoms with Crippen LogP contribution in [-0.2, 0) is 0 Å². The number of para-hydroxylation sites is 1. The van der Waals surface area contributed by atoms with Crippen LogP contribution < -0.4 is 11.1 Å². The molecule has 4 heterocycles. The molecule has 1 aliphatic rings. The van der Waals surface area contributed by atoms with Gasteiger partial charge in [-0.2, -0.15) is 0 Å². The van der Waals surface area contributed by atoms with E-state index in [4.69, 9.17) is 15.8 Å². The van der Waals surface area contributed by atoms with Crippen molar-refractivity contribution in [1.29, 1.82) is 0 Å². The van der Waals surface area contributed by atoms with Crippen LogP contribution in [0, 0.1) is 0 Å². The number of benzene rings is 3. The number of anilines is 1. The first kappa shape index (κ1) is 27.4. The standard InChI is InChI=1S/C25H18N6O.C10H7NO2/c26-21-12-14(8-11-28-21)25(32)31-23-16-5-2-1-4-15(16)22-17(23)6-3-7-18(22)24-29-19-9-10-27-13-20(19)30-24;12-10(13)8-5-6-11-9-4-2-1-3-7(8)9/h1-13,23H,(H2,26,28)(H,29,30)(H,31,32);1-6H,(H,12,13). The Labute approximate surface area is 256 Å². The minimum atomic E-state index is -0.918. The summed E-state index contributed by atoms with van der Waals surface area (Å²) >= 11 is 0. The highest BCUT2D eigenvalue weighted by atomic mass is 16.4. The summed E-state index contributed by atoms with van der Waals surface area (Å²) < 4.78 is 0. The molecule has 4 aromatic heterocycles. The maximum Gasteiger partial charge on any atom is 0.336 e. The van der Waals surface area contributed by atoms with E-state index in [1.807, 2.05) is 36.4 Å². The molecule has 218 valence electrons. The molecule has 10 heteroatoms. The lowest BCUT2D eigenvalue weighted by molar-refractivity contribution is 0.0698. The first-order valence-electron chi connectivity index (χ1n) is 14.1. The monoisotopic (exact) mass is 591 g/mol. The fraction of sp³-hybridized carbons (Fsp3) is 0.0286. The highest BCUT2D eigenvalue weighted by Gasteiger charge is 2.32. The number of hydrogen-bond donors (Lipinski definition) is 4. The van der Waals surface area contributed by atoms with Crippen LogP contribution in [-0.4, -0.2) is 41.9 Å². The largest absolute Gasteiger partial charge is 0.478 e. The maximum absolute atomic E-state index is 13.0. The lowest BCUT2D eigenvalue weighted by Gasteiger charge is -2.16. The smallest absolute Gasteiger partial charge is 0.336 e. The van der Waals surface area contributed by atoms with Crippen LogP contribution in [0.1, 0.15) is 37.9 Å². The van der Waals surface area contributed by atoms with E-state index in [2.05, 4.69) is 43.5 Å². The molecule has 0 saturated carbocycles. The summed E-state index contributed by atoms with van der Waals surface area (Å²) in [6, 6.07) is 27.8. The number of aromatic nitrogens is 5. The minimum absolute atomic E-state index is 0.202. The summed E-state index contributed by atoms with van der Waals surface area (Å²) in [7, 11) is 0. The van der Waals surface area contributed by atoms with Crippen molar-refractivity contribution in [3.63, 3.8) is 0 Å². The fourth-order valence-corrected chi connectivity index (χ4v) is 5.68. The van der Waals surface area contributed by atoms with E-state index in [9.17, 15) is 9.59 Å². The van der Waals surface area contributed by atoms with Gasteiger partial charge in [0.15, 0.2) is 0 Å². The van der Waals surface area contributed by atoms with Gasteiger partial charge in [0, 0.05) is 35.1 Å². The Hall–Kier alpha value is -6.42. The second-order valence-electron chi connectivity index (χ2n) is 10.4. The van der Waals surface area contributed by atoms with Crippen LogP contribution in [0.5, 0.6) is 0 Å². The molecule has 7 aromatic rings. The molecule has 3 aromatic carbocycles. The molecule has 0 saturated heterocycles. The number of nitrogens with one attached hydrogen (secondary N) is 2. The molecule has 5 N–H and O–H groups in total. The van der Waals surface area contributed by atoms with Crippen LogP contribution in [0.15, 0.2) is 116 Å². The van der Waals surface area contributed by atoms with Crippen molar-refractivity contribution in [3.05, 3.63) is 138 Å². The van der Waals surface area contributed by atoms with Gasteiger partial charge in [-0.3, -0.25) is 14.8 Å². The predicted octanol–water partition coefficient (Wildman–Crippen LogP) is 6.03. The van der Waals surface area contributed by atoms with E-state index < -0.39 is 5.97 Å². The van der Waals surface area contributed by atoms with E-state index in [0.717, 1.165) is 44.7 Å². The topological polar surface area (TPSA) is 160 Å². The molecule has 1 amide bonds. The van der Waals surface area contributed by atoms with E-state index in [1.54, 1.807) is 42.7 Å². The zero-order chi connectivity index (χ0) is 30.9. The average Bonchev–Trinajstić information content (AvgIpc) is 3.64. The lowest BCUT2D eigenvalue weighted by atomic mass is 9.98. The Kier molecular flexibility index (Phi) is 6.91. The van der Waals surface area contributed by atoms with Crippen molar-refractivity contribution in [2.24, 2.45) is 0 Å². The third kappa shape index (κ3) is 5.10. The number of fused-ring (bicyclic) bond motifs is 5. The van der Waals surface area contributed by atoms with Gasteiger partial charge in [-0.25, -0.2) is 14.8 Å². The van der Waals surface area contributed by atoms with Crippen LogP contribution >= 0.6 is 0 Å². The van der Waals surface area contributed by atoms with Crippen molar-refractivity contribution < 1.29 is 14.7 Å². The van der Waals surface area contributed by atoms with Crippen molar-refractivity contribution in [2.45, 2.75) is 6.04 Å². The van der Waals surface area contributed by atoms with Gasteiger partial charge in [-0.15, -0.1) is 0 Å². The normalized spacial score (nSPS) is 13.0. The molecular weight excluding hydrogens is 566 g/mol. The molecular formula is C35H25N7O3. The Morgan fingerprint density at radius 1 is 0.800 bits per heavy atom. The number of carboxylic acids is 1. The number of carbonyl (C=O) groups excluding carboxylic acids is 1.